The van der Waals surface area contributed by atoms with E-state index < -0.39 is 0 Å². The van der Waals surface area contributed by atoms with Crippen molar-refractivity contribution in [2.24, 2.45) is 0 Å². The van der Waals surface area contributed by atoms with Gasteiger partial charge in [-0.25, -0.2) is 0 Å². The van der Waals surface area contributed by atoms with Crippen molar-refractivity contribution < 1.29 is 4.79 Å². The zero-order valence-electron chi connectivity index (χ0n) is 15.2. The Morgan fingerprint density at radius 1 is 1.14 bits per heavy atom. The van der Waals surface area contributed by atoms with E-state index in [0.29, 0.717) is 12.1 Å². The monoisotopic (exact) mass is 486 g/mol. The highest BCUT2D eigenvalue weighted by molar-refractivity contribution is 9.10. The van der Waals surface area contributed by atoms with Gasteiger partial charge in [-0.2, -0.15) is 9.61 Å². The zero-order chi connectivity index (χ0) is 20.4. The van der Waals surface area contributed by atoms with Crippen LogP contribution < -0.4 is 10.6 Å². The summed E-state index contributed by atoms with van der Waals surface area (Å²) in [6.07, 6.45) is 0. The topological polar surface area (TPSA) is 84.2 Å². The quantitative estimate of drug-likeness (QED) is 0.427. The maximum atomic E-state index is 12.2. The third-order valence-electron chi connectivity index (χ3n) is 4.13. The van der Waals surface area contributed by atoms with Gasteiger partial charge in [0.05, 0.1) is 0 Å². The van der Waals surface area contributed by atoms with E-state index in [1.165, 1.54) is 11.3 Å². The van der Waals surface area contributed by atoms with Crippen molar-refractivity contribution in [1.29, 1.82) is 0 Å². The first-order chi connectivity index (χ1) is 14.0. The van der Waals surface area contributed by atoms with E-state index in [4.69, 9.17) is 12.2 Å². The third-order valence-corrected chi connectivity index (χ3v) is 5.86. The highest BCUT2D eigenvalue weighted by Crippen LogP contribution is 2.25. The smallest absolute Gasteiger partial charge is 0.257 e. The second-order valence-corrected chi connectivity index (χ2v) is 8.47. The molecule has 0 bridgehead atoms. The molecule has 2 aromatic carbocycles. The minimum Gasteiger partial charge on any atom is -0.358 e. The number of thiocarbonyl (C=S) groups is 1. The van der Waals surface area contributed by atoms with E-state index in [9.17, 15) is 4.79 Å². The Hall–Kier alpha value is -2.69. The van der Waals surface area contributed by atoms with Gasteiger partial charge in [-0.3, -0.25) is 10.1 Å². The maximum absolute atomic E-state index is 12.2. The first kappa shape index (κ1) is 19.6. The normalized spacial score (nSPS) is 10.8. The van der Waals surface area contributed by atoms with Crippen LogP contribution in [0.25, 0.3) is 15.5 Å². The maximum Gasteiger partial charge on any atom is 0.257 e. The average molecular weight is 487 g/mol. The molecule has 0 radical (unpaired) electrons. The largest absolute Gasteiger partial charge is 0.358 e. The molecule has 0 unspecified atom stereocenters. The number of hydrogen-bond donors (Lipinski definition) is 2. The minimum atomic E-state index is -0.246. The Labute approximate surface area is 184 Å². The molecule has 0 fully saturated rings. The van der Waals surface area contributed by atoms with Gasteiger partial charge in [-0.05, 0) is 49.0 Å². The van der Waals surface area contributed by atoms with Gasteiger partial charge in [0.2, 0.25) is 4.96 Å². The van der Waals surface area contributed by atoms with E-state index in [2.05, 4.69) is 41.9 Å². The fourth-order valence-electron chi connectivity index (χ4n) is 2.60. The molecule has 0 aliphatic carbocycles. The van der Waals surface area contributed by atoms with Crippen LogP contribution >= 0.6 is 39.5 Å². The molecule has 2 aromatic heterocycles. The van der Waals surface area contributed by atoms with Gasteiger partial charge in [-0.15, -0.1) is 10.2 Å². The van der Waals surface area contributed by atoms with Crippen LogP contribution in [0.4, 0.5) is 0 Å². The number of nitrogens with one attached hydrogen (secondary N) is 2. The van der Waals surface area contributed by atoms with E-state index >= 15 is 0 Å². The molecule has 0 spiro atoms. The number of fused-ring (bicyclic) bond motifs is 1. The van der Waals surface area contributed by atoms with Crippen LogP contribution in [0.1, 0.15) is 21.7 Å². The standard InChI is InChI=1S/C19H15BrN6OS2/c1-11-23-24-19-26(11)25-17(29-19)14-4-2-12(3-5-14)10-21-18(28)22-16(27)13-6-8-15(20)9-7-13/h2-9H,10H2,1H3,(H2,21,22,27,28). The predicted octanol–water partition coefficient (Wildman–Crippen LogP) is 3.73. The van der Waals surface area contributed by atoms with Gasteiger partial charge in [0.15, 0.2) is 10.9 Å². The number of amides is 1. The molecular formula is C19H15BrN6OS2. The van der Waals surface area contributed by atoms with Gasteiger partial charge in [0, 0.05) is 22.1 Å². The zero-order valence-corrected chi connectivity index (χ0v) is 18.4. The first-order valence-corrected chi connectivity index (χ1v) is 10.6. The lowest BCUT2D eigenvalue weighted by Crippen LogP contribution is -2.38. The summed E-state index contributed by atoms with van der Waals surface area (Å²) in [5, 5.41) is 19.5. The van der Waals surface area contributed by atoms with Crippen LogP contribution in [0.2, 0.25) is 0 Å². The van der Waals surface area contributed by atoms with E-state index in [1.54, 1.807) is 16.6 Å². The molecule has 1 amide bonds. The molecule has 4 aromatic rings. The second kappa shape index (κ2) is 8.36. The number of carbonyl (C=O) groups is 1. The van der Waals surface area contributed by atoms with E-state index in [-0.39, 0.29) is 11.0 Å². The number of hydrogen-bond acceptors (Lipinski definition) is 6. The number of carbonyl (C=O) groups excluding carboxylic acids is 1. The van der Waals surface area contributed by atoms with Gasteiger partial charge < -0.3 is 5.32 Å². The van der Waals surface area contributed by atoms with Crippen LogP contribution in [-0.2, 0) is 6.54 Å². The predicted molar refractivity (Wildman–Crippen MR) is 120 cm³/mol. The summed E-state index contributed by atoms with van der Waals surface area (Å²) >= 11 is 10.1. The number of rotatable bonds is 4. The minimum absolute atomic E-state index is 0.246. The lowest BCUT2D eigenvalue weighted by molar-refractivity contribution is 0.0976. The number of benzene rings is 2. The first-order valence-electron chi connectivity index (χ1n) is 8.62. The SMILES string of the molecule is Cc1nnc2sc(-c3ccc(CNC(=S)NC(=O)c4ccc(Br)cc4)cc3)nn12. The lowest BCUT2D eigenvalue weighted by Gasteiger charge is -2.10. The Morgan fingerprint density at radius 3 is 2.55 bits per heavy atom. The molecule has 29 heavy (non-hydrogen) atoms. The molecule has 2 N–H and O–H groups in total. The number of aryl methyl sites for hydroxylation is 1. The van der Waals surface area contributed by atoms with E-state index in [1.807, 2.05) is 43.3 Å². The summed E-state index contributed by atoms with van der Waals surface area (Å²) in [5.74, 6) is 0.519. The molecule has 0 aliphatic rings. The van der Waals surface area contributed by atoms with Crippen LogP contribution in [0, 0.1) is 6.92 Å². The number of nitrogens with zero attached hydrogens (tertiary/aromatic N) is 4. The van der Waals surface area contributed by atoms with Crippen LogP contribution in [0.3, 0.4) is 0 Å². The van der Waals surface area contributed by atoms with Crippen LogP contribution in [0.5, 0.6) is 0 Å². The molecule has 0 aliphatic heterocycles. The number of halogens is 1. The van der Waals surface area contributed by atoms with Crippen molar-refractivity contribution >= 4 is 55.5 Å². The Bertz CT molecular complexity index is 1180. The number of aromatic nitrogens is 4. The van der Waals surface area contributed by atoms with Gasteiger partial charge >= 0.3 is 0 Å². The molecule has 146 valence electrons. The highest BCUT2D eigenvalue weighted by Gasteiger charge is 2.11. The summed E-state index contributed by atoms with van der Waals surface area (Å²) in [6.45, 7) is 2.38. The molecule has 0 saturated heterocycles. The second-order valence-electron chi connectivity index (χ2n) is 6.19. The summed E-state index contributed by atoms with van der Waals surface area (Å²) in [6, 6.07) is 15.1. The van der Waals surface area contributed by atoms with Crippen molar-refractivity contribution in [2.75, 3.05) is 0 Å². The lowest BCUT2D eigenvalue weighted by atomic mass is 10.1. The Balaban J connectivity index is 1.34. The highest BCUT2D eigenvalue weighted by atomic mass is 79.9. The van der Waals surface area contributed by atoms with Gasteiger partial charge in [0.1, 0.15) is 5.01 Å². The van der Waals surface area contributed by atoms with Crippen molar-refractivity contribution in [2.45, 2.75) is 13.5 Å². The third kappa shape index (κ3) is 4.50. The van der Waals surface area contributed by atoms with Gasteiger partial charge in [-0.1, -0.05) is 51.5 Å². The summed E-state index contributed by atoms with van der Waals surface area (Å²) in [5.41, 5.74) is 2.59. The fraction of sp³-hybridized carbons (Fsp3) is 0.105. The van der Waals surface area contributed by atoms with Crippen molar-refractivity contribution in [3.63, 3.8) is 0 Å². The molecule has 0 atom stereocenters. The van der Waals surface area contributed by atoms with Crippen LogP contribution in [0.15, 0.2) is 53.0 Å². The summed E-state index contributed by atoms with van der Waals surface area (Å²) in [7, 11) is 0. The Kier molecular flexibility index (Phi) is 5.65. The molecule has 0 saturated carbocycles. The van der Waals surface area contributed by atoms with Crippen molar-refractivity contribution in [3.8, 4) is 10.6 Å². The van der Waals surface area contributed by atoms with Crippen molar-refractivity contribution in [1.82, 2.24) is 30.4 Å². The Morgan fingerprint density at radius 2 is 1.86 bits per heavy atom. The van der Waals surface area contributed by atoms with Crippen LogP contribution in [-0.4, -0.2) is 30.8 Å². The van der Waals surface area contributed by atoms with Crippen molar-refractivity contribution in [3.05, 3.63) is 70.0 Å². The van der Waals surface area contributed by atoms with E-state index in [0.717, 1.165) is 31.4 Å². The molecular weight excluding hydrogens is 472 g/mol. The van der Waals surface area contributed by atoms with Gasteiger partial charge in [0.25, 0.3) is 5.91 Å². The average Bonchev–Trinajstić information content (AvgIpc) is 3.29. The molecule has 2 heterocycles. The summed E-state index contributed by atoms with van der Waals surface area (Å²) in [4.78, 5) is 13.0. The summed E-state index contributed by atoms with van der Waals surface area (Å²) < 4.78 is 2.65. The molecule has 7 nitrogen and oxygen atoms in total. The molecule has 10 heteroatoms. The fourth-order valence-corrected chi connectivity index (χ4v) is 3.92. The molecule has 4 rings (SSSR count).